The second-order valence-corrected chi connectivity index (χ2v) is 7.27. The predicted molar refractivity (Wildman–Crippen MR) is 125 cm³/mol. The van der Waals surface area contributed by atoms with Gasteiger partial charge in [-0.25, -0.2) is 0 Å². The van der Waals surface area contributed by atoms with E-state index in [0.29, 0.717) is 13.0 Å². The summed E-state index contributed by atoms with van der Waals surface area (Å²) in [5.74, 6) is 0. The minimum Gasteiger partial charge on any atom is -0.0898 e. The summed E-state index contributed by atoms with van der Waals surface area (Å²) in [6.07, 6.45) is 14.1. The molecule has 0 atom stereocenters. The van der Waals surface area contributed by atoms with Crippen LogP contribution in [0.15, 0.2) is 0 Å². The van der Waals surface area contributed by atoms with Crippen LogP contribution in [-0.4, -0.2) is 71.0 Å². The molecule has 0 unspecified atom stereocenters. The van der Waals surface area contributed by atoms with E-state index in [-0.39, 0.29) is 12.9 Å². The van der Waals surface area contributed by atoms with Gasteiger partial charge < -0.3 is 0 Å². The fourth-order valence-electron chi connectivity index (χ4n) is 3.44. The topological polar surface area (TPSA) is 0 Å². The minimum atomic E-state index is -0.268. The largest absolute Gasteiger partial charge is 0.0898 e. The van der Waals surface area contributed by atoms with E-state index in [1.807, 2.05) is 7.06 Å². The van der Waals surface area contributed by atoms with Gasteiger partial charge in [0.15, 0.2) is 0 Å². The van der Waals surface area contributed by atoms with Crippen molar-refractivity contribution < 1.29 is 0 Å². The van der Waals surface area contributed by atoms with Crippen LogP contribution >= 0.6 is 0 Å². The zero-order valence-corrected chi connectivity index (χ0v) is 16.3. The van der Waals surface area contributed by atoms with E-state index in [2.05, 4.69) is 21.0 Å². The maximum atomic E-state index is 6.14. The van der Waals surface area contributed by atoms with E-state index in [0.717, 1.165) is 25.4 Å². The zero-order valence-electron chi connectivity index (χ0n) is 16.3. The first-order valence-corrected chi connectivity index (χ1v) is 10.2. The SMILES string of the molecule is [B][B]B(CCCCCCB([B])[B]CCCCC)B(CCC)B([B])[B]. The highest BCUT2D eigenvalue weighted by molar-refractivity contribution is 7.78. The Labute approximate surface area is 161 Å². The van der Waals surface area contributed by atoms with Crippen molar-refractivity contribution in [2.24, 2.45) is 0 Å². The van der Waals surface area contributed by atoms with Gasteiger partial charge in [0, 0.05) is 44.4 Å². The Bertz CT molecular complexity index is 266. The maximum Gasteiger partial charge on any atom is 0.0644 e. The Kier molecular flexibility index (Phi) is 17.5. The summed E-state index contributed by atoms with van der Waals surface area (Å²) in [5.41, 5.74) is 0. The number of hydrogen-bond acceptors (Lipinski definition) is 0. The minimum absolute atomic E-state index is 0.268. The molecule has 0 rings (SSSR count). The van der Waals surface area contributed by atoms with Crippen LogP contribution in [0.4, 0.5) is 0 Å². The molecule has 0 heterocycles. The van der Waals surface area contributed by atoms with E-state index in [1.165, 1.54) is 51.3 Å². The molecule has 0 spiro atoms. The van der Waals surface area contributed by atoms with E-state index >= 15 is 0 Å². The van der Waals surface area contributed by atoms with Crippen molar-refractivity contribution >= 4 is 71.0 Å². The molecule has 0 saturated carbocycles. The fraction of sp³-hybridized carbons (Fsp3) is 1.00. The highest BCUT2D eigenvalue weighted by atomic mass is 13.9. The lowest BCUT2D eigenvalue weighted by atomic mass is 8.72. The molecule has 24 heavy (non-hydrogen) atoms. The van der Waals surface area contributed by atoms with Gasteiger partial charge in [-0.2, -0.15) is 0 Å². The highest BCUT2D eigenvalue weighted by Gasteiger charge is 2.27. The van der Waals surface area contributed by atoms with Crippen molar-refractivity contribution in [3.8, 4) is 0 Å². The molecule has 0 fully saturated rings. The Morgan fingerprint density at radius 3 is 1.96 bits per heavy atom. The van der Waals surface area contributed by atoms with Crippen LogP contribution in [0.2, 0.25) is 25.3 Å². The summed E-state index contributed by atoms with van der Waals surface area (Å²) in [6.45, 7) is 5.34. The summed E-state index contributed by atoms with van der Waals surface area (Å²) in [7, 11) is 27.9. The predicted octanol–water partition coefficient (Wildman–Crippen LogP) is 2.18. The van der Waals surface area contributed by atoms with Crippen LogP contribution in [0.3, 0.4) is 0 Å². The lowest BCUT2D eigenvalue weighted by molar-refractivity contribution is 0.699. The van der Waals surface area contributed by atoms with Gasteiger partial charge in [0.05, 0.1) is 26.7 Å². The lowest BCUT2D eigenvalue weighted by Gasteiger charge is -2.24. The van der Waals surface area contributed by atoms with Crippen LogP contribution < -0.4 is 0 Å². The normalized spacial score (nSPS) is 10.2. The molecule has 0 aromatic rings. The zero-order chi connectivity index (χ0) is 18.2. The number of rotatable bonds is 17. The van der Waals surface area contributed by atoms with Gasteiger partial charge in [-0.3, -0.25) is 0 Å². The van der Waals surface area contributed by atoms with Crippen molar-refractivity contribution in [1.29, 1.82) is 0 Å². The van der Waals surface area contributed by atoms with Crippen LogP contribution in [0, 0.1) is 0 Å². The first-order chi connectivity index (χ1) is 11.6. The second kappa shape index (κ2) is 17.1. The molecule has 0 aliphatic carbocycles. The van der Waals surface area contributed by atoms with E-state index < -0.39 is 0 Å². The lowest BCUT2D eigenvalue weighted by Crippen LogP contribution is -2.53. The first kappa shape index (κ1) is 24.6. The van der Waals surface area contributed by atoms with Gasteiger partial charge in [-0.15, -0.1) is 0 Å². The Morgan fingerprint density at radius 1 is 0.750 bits per heavy atom. The Morgan fingerprint density at radius 2 is 1.42 bits per heavy atom. The average Bonchev–Trinajstić information content (AvgIpc) is 2.56. The molecule has 0 saturated heterocycles. The average molecular weight is 307 g/mol. The van der Waals surface area contributed by atoms with Crippen molar-refractivity contribution in [3.63, 3.8) is 0 Å². The molecule has 0 nitrogen and oxygen atoms in total. The molecule has 10 radical (unpaired) electrons. The van der Waals surface area contributed by atoms with Crippen LogP contribution in [0.5, 0.6) is 0 Å². The number of hydrogen-bond donors (Lipinski definition) is 0. The van der Waals surface area contributed by atoms with Gasteiger partial charge in [0.2, 0.25) is 0 Å². The monoisotopic (exact) mass is 308 g/mol. The molecular weight excluding hydrogens is 276 g/mol. The molecule has 0 aromatic heterocycles. The van der Waals surface area contributed by atoms with Gasteiger partial charge in [-0.05, 0) is 0 Å². The van der Waals surface area contributed by atoms with Crippen LogP contribution in [0.1, 0.15) is 65.2 Å². The summed E-state index contributed by atoms with van der Waals surface area (Å²) in [4.78, 5) is 0. The standard InChI is InChI=1S/C14H30B10/c1-3-5-8-11-19-21(16)13-9-6-7-10-14-22(20-15)23(12-4-2)24(17)18/h3-14H2,1-2H3. The third-order valence-electron chi connectivity index (χ3n) is 5.02. The summed E-state index contributed by atoms with van der Waals surface area (Å²) in [5, 5.41) is 0. The quantitative estimate of drug-likeness (QED) is 0.285. The molecule has 0 aromatic carbocycles. The smallest absolute Gasteiger partial charge is 0.0644 e. The van der Waals surface area contributed by atoms with Crippen molar-refractivity contribution in [2.45, 2.75) is 90.5 Å². The van der Waals surface area contributed by atoms with Gasteiger partial charge in [0.1, 0.15) is 0 Å². The van der Waals surface area contributed by atoms with E-state index in [4.69, 9.17) is 30.9 Å². The number of unbranched alkanes of at least 4 members (excludes halogenated alkanes) is 5. The fourth-order valence-corrected chi connectivity index (χ4v) is 3.44. The molecule has 0 bridgehead atoms. The third kappa shape index (κ3) is 12.9. The van der Waals surface area contributed by atoms with Gasteiger partial charge >= 0.3 is 0 Å². The molecule has 0 N–H and O–H groups in total. The summed E-state index contributed by atoms with van der Waals surface area (Å²) < 4.78 is 0. The molecule has 0 aliphatic rings. The van der Waals surface area contributed by atoms with E-state index in [1.54, 1.807) is 0 Å². The summed E-state index contributed by atoms with van der Waals surface area (Å²) in [6, 6.07) is 0. The maximum absolute atomic E-state index is 6.14. The van der Waals surface area contributed by atoms with Crippen molar-refractivity contribution in [2.75, 3.05) is 0 Å². The van der Waals surface area contributed by atoms with Crippen molar-refractivity contribution in [1.82, 2.24) is 0 Å². The van der Waals surface area contributed by atoms with Crippen LogP contribution in [-0.2, 0) is 0 Å². The first-order valence-electron chi connectivity index (χ1n) is 10.2. The molecule has 0 amide bonds. The summed E-state index contributed by atoms with van der Waals surface area (Å²) >= 11 is 0. The van der Waals surface area contributed by atoms with Crippen molar-refractivity contribution in [3.05, 3.63) is 0 Å². The third-order valence-corrected chi connectivity index (χ3v) is 5.02. The Hall–Kier alpha value is 0.649. The molecular formula is C14H30B10. The second-order valence-electron chi connectivity index (χ2n) is 7.27. The Balaban J connectivity index is 3.72. The molecule has 0 aliphatic heterocycles. The molecule has 116 valence electrons. The van der Waals surface area contributed by atoms with Gasteiger partial charge in [0.25, 0.3) is 0 Å². The van der Waals surface area contributed by atoms with Crippen LogP contribution in [0.25, 0.3) is 0 Å². The van der Waals surface area contributed by atoms with Gasteiger partial charge in [-0.1, -0.05) is 90.5 Å². The highest BCUT2D eigenvalue weighted by Crippen LogP contribution is 2.13. The van der Waals surface area contributed by atoms with E-state index in [9.17, 15) is 0 Å². The molecule has 10 heteroatoms.